The Hall–Kier alpha value is -3.32. The van der Waals surface area contributed by atoms with Crippen LogP contribution in [0.2, 0.25) is 0 Å². The number of thioether (sulfide) groups is 1. The number of hydrogen-bond donors (Lipinski definition) is 1. The second kappa shape index (κ2) is 7.36. The summed E-state index contributed by atoms with van der Waals surface area (Å²) in [4.78, 5) is 40.0. The highest BCUT2D eigenvalue weighted by Crippen LogP contribution is 2.26. The van der Waals surface area contributed by atoms with Crippen LogP contribution in [-0.2, 0) is 6.54 Å². The monoisotopic (exact) mass is 392 g/mol. The Morgan fingerprint density at radius 3 is 2.46 bits per heavy atom. The lowest BCUT2D eigenvalue weighted by Crippen LogP contribution is -2.28. The number of nitrogens with one attached hydrogen (secondary N) is 1. The first-order chi connectivity index (χ1) is 13.6. The molecule has 0 aliphatic carbocycles. The van der Waals surface area contributed by atoms with Crippen LogP contribution in [0.3, 0.4) is 0 Å². The molecular weight excluding hydrogens is 376 g/mol. The number of rotatable bonds is 5. The van der Waals surface area contributed by atoms with Crippen molar-refractivity contribution in [3.63, 3.8) is 0 Å². The lowest BCUT2D eigenvalue weighted by Gasteiger charge is -2.11. The Morgan fingerprint density at radius 2 is 1.79 bits per heavy atom. The molecule has 1 N–H and O–H groups in total. The minimum atomic E-state index is -0.435. The van der Waals surface area contributed by atoms with Gasteiger partial charge in [-0.05, 0) is 60.9 Å². The van der Waals surface area contributed by atoms with Gasteiger partial charge in [0.1, 0.15) is 5.76 Å². The number of fused-ring (bicyclic) bond motifs is 1. The van der Waals surface area contributed by atoms with Crippen molar-refractivity contribution in [3.8, 4) is 0 Å². The number of furan rings is 1. The molecule has 6 nitrogen and oxygen atoms in total. The van der Waals surface area contributed by atoms with E-state index in [-0.39, 0.29) is 23.6 Å². The van der Waals surface area contributed by atoms with Crippen LogP contribution >= 0.6 is 11.8 Å². The van der Waals surface area contributed by atoms with Crippen molar-refractivity contribution >= 4 is 35.2 Å². The second-order valence-corrected chi connectivity index (χ2v) is 7.10. The summed E-state index contributed by atoms with van der Waals surface area (Å²) in [6.45, 7) is 0.0582. The van der Waals surface area contributed by atoms with E-state index in [1.54, 1.807) is 30.0 Å². The van der Waals surface area contributed by atoms with Gasteiger partial charge >= 0.3 is 0 Å². The molecule has 2 aromatic carbocycles. The van der Waals surface area contributed by atoms with Gasteiger partial charge in [0.05, 0.1) is 23.9 Å². The van der Waals surface area contributed by atoms with E-state index in [4.69, 9.17) is 4.42 Å². The van der Waals surface area contributed by atoms with Crippen LogP contribution in [0, 0.1) is 0 Å². The van der Waals surface area contributed by atoms with Gasteiger partial charge in [-0.15, -0.1) is 11.8 Å². The standard InChI is InChI=1S/C21H16N2O4S/c1-28-16-7-5-14(6-8-16)22-19(24)13-4-9-17-18(11-13)21(26)23(20(17)25)12-15-3-2-10-27-15/h2-11H,12H2,1H3,(H,22,24). The van der Waals surface area contributed by atoms with E-state index in [0.717, 1.165) is 9.80 Å². The third-order valence-electron chi connectivity index (χ3n) is 4.47. The Kier molecular flexibility index (Phi) is 4.75. The summed E-state index contributed by atoms with van der Waals surface area (Å²) >= 11 is 1.61. The maximum atomic E-state index is 12.7. The van der Waals surface area contributed by atoms with Crippen molar-refractivity contribution in [1.29, 1.82) is 0 Å². The molecular formula is C21H16N2O4S. The van der Waals surface area contributed by atoms with Gasteiger partial charge in [0.25, 0.3) is 17.7 Å². The van der Waals surface area contributed by atoms with Crippen molar-refractivity contribution in [2.24, 2.45) is 0 Å². The molecule has 1 aliphatic rings. The SMILES string of the molecule is CSc1ccc(NC(=O)c2ccc3c(c2)C(=O)N(Cc2ccco2)C3=O)cc1. The van der Waals surface area contributed by atoms with Crippen LogP contribution in [0.4, 0.5) is 5.69 Å². The van der Waals surface area contributed by atoms with E-state index in [1.807, 2.05) is 30.5 Å². The molecule has 0 saturated carbocycles. The number of carbonyl (C=O) groups is 3. The lowest BCUT2D eigenvalue weighted by molar-refractivity contribution is 0.0631. The summed E-state index contributed by atoms with van der Waals surface area (Å²) in [5.74, 6) is -0.656. The average Bonchev–Trinajstić information content (AvgIpc) is 3.31. The van der Waals surface area contributed by atoms with Crippen molar-refractivity contribution in [2.75, 3.05) is 11.6 Å². The number of carbonyl (C=O) groups excluding carboxylic acids is 3. The first kappa shape index (κ1) is 18.1. The predicted molar refractivity (Wildman–Crippen MR) is 106 cm³/mol. The lowest BCUT2D eigenvalue weighted by atomic mass is 10.1. The number of anilines is 1. The van der Waals surface area contributed by atoms with Gasteiger partial charge in [0, 0.05) is 16.1 Å². The Morgan fingerprint density at radius 1 is 1.04 bits per heavy atom. The van der Waals surface area contributed by atoms with Crippen LogP contribution < -0.4 is 5.32 Å². The zero-order valence-electron chi connectivity index (χ0n) is 15.0. The molecule has 4 rings (SSSR count). The normalized spacial score (nSPS) is 13.0. The molecule has 0 unspecified atom stereocenters. The van der Waals surface area contributed by atoms with Gasteiger partial charge < -0.3 is 9.73 Å². The molecule has 1 aromatic heterocycles. The third-order valence-corrected chi connectivity index (χ3v) is 5.22. The maximum absolute atomic E-state index is 12.7. The number of imide groups is 1. The first-order valence-corrected chi connectivity index (χ1v) is 9.77. The molecule has 2 heterocycles. The first-order valence-electron chi connectivity index (χ1n) is 8.55. The molecule has 0 radical (unpaired) electrons. The largest absolute Gasteiger partial charge is 0.467 e. The number of amides is 3. The molecule has 0 atom stereocenters. The average molecular weight is 392 g/mol. The molecule has 0 bridgehead atoms. The number of hydrogen-bond acceptors (Lipinski definition) is 5. The van der Waals surface area contributed by atoms with Crippen LogP contribution in [0.15, 0.2) is 70.2 Å². The number of nitrogens with zero attached hydrogens (tertiary/aromatic N) is 1. The molecule has 28 heavy (non-hydrogen) atoms. The van der Waals surface area contributed by atoms with Gasteiger partial charge in [-0.25, -0.2) is 0 Å². The molecule has 3 aromatic rings. The van der Waals surface area contributed by atoms with E-state index < -0.39 is 11.8 Å². The van der Waals surface area contributed by atoms with E-state index >= 15 is 0 Å². The van der Waals surface area contributed by atoms with E-state index in [9.17, 15) is 14.4 Å². The van der Waals surface area contributed by atoms with Gasteiger partial charge in [-0.1, -0.05) is 0 Å². The van der Waals surface area contributed by atoms with Crippen LogP contribution in [0.1, 0.15) is 36.8 Å². The van der Waals surface area contributed by atoms with Gasteiger partial charge in [-0.3, -0.25) is 19.3 Å². The summed E-state index contributed by atoms with van der Waals surface area (Å²) in [5.41, 5.74) is 1.48. The minimum Gasteiger partial charge on any atom is -0.467 e. The second-order valence-electron chi connectivity index (χ2n) is 6.22. The van der Waals surface area contributed by atoms with Gasteiger partial charge in [-0.2, -0.15) is 0 Å². The highest BCUT2D eigenvalue weighted by atomic mass is 32.2. The molecule has 7 heteroatoms. The third kappa shape index (κ3) is 3.32. The fraction of sp³-hybridized carbons (Fsp3) is 0.0952. The molecule has 3 amide bonds. The zero-order valence-corrected chi connectivity index (χ0v) is 15.8. The zero-order chi connectivity index (χ0) is 19.7. The van der Waals surface area contributed by atoms with Gasteiger partial charge in [0.15, 0.2) is 0 Å². The van der Waals surface area contributed by atoms with E-state index in [1.165, 1.54) is 18.4 Å². The highest BCUT2D eigenvalue weighted by Gasteiger charge is 2.36. The number of benzene rings is 2. The smallest absolute Gasteiger partial charge is 0.261 e. The van der Waals surface area contributed by atoms with E-state index in [0.29, 0.717) is 17.0 Å². The summed E-state index contributed by atoms with van der Waals surface area (Å²) in [7, 11) is 0. The van der Waals surface area contributed by atoms with Crippen molar-refractivity contribution < 1.29 is 18.8 Å². The van der Waals surface area contributed by atoms with Crippen molar-refractivity contribution in [1.82, 2.24) is 4.90 Å². The Balaban J connectivity index is 1.54. The van der Waals surface area contributed by atoms with E-state index in [2.05, 4.69) is 5.32 Å². The maximum Gasteiger partial charge on any atom is 0.261 e. The summed E-state index contributed by atoms with van der Waals surface area (Å²) in [5, 5.41) is 2.80. The molecule has 0 spiro atoms. The topological polar surface area (TPSA) is 79.6 Å². The van der Waals surface area contributed by atoms with Crippen molar-refractivity contribution in [2.45, 2.75) is 11.4 Å². The fourth-order valence-corrected chi connectivity index (χ4v) is 3.42. The fourth-order valence-electron chi connectivity index (χ4n) is 3.01. The predicted octanol–water partition coefficient (Wildman–Crippen LogP) is 4.05. The molecule has 0 fully saturated rings. The van der Waals surface area contributed by atoms with Crippen molar-refractivity contribution in [3.05, 3.63) is 83.3 Å². The Labute approximate surface area is 165 Å². The van der Waals surface area contributed by atoms with Crippen LogP contribution in [0.5, 0.6) is 0 Å². The summed E-state index contributed by atoms with van der Waals surface area (Å²) in [6.07, 6.45) is 3.47. The summed E-state index contributed by atoms with van der Waals surface area (Å²) in [6, 6.07) is 15.4. The quantitative estimate of drug-likeness (QED) is 0.523. The van der Waals surface area contributed by atoms with Gasteiger partial charge in [0.2, 0.25) is 0 Å². The molecule has 140 valence electrons. The Bertz CT molecular complexity index is 1060. The highest BCUT2D eigenvalue weighted by molar-refractivity contribution is 7.98. The summed E-state index contributed by atoms with van der Waals surface area (Å²) < 4.78 is 5.22. The molecule has 0 saturated heterocycles. The van der Waals surface area contributed by atoms with Crippen LogP contribution in [0.25, 0.3) is 0 Å². The minimum absolute atomic E-state index is 0.0582. The molecule has 1 aliphatic heterocycles. The van der Waals surface area contributed by atoms with Crippen LogP contribution in [-0.4, -0.2) is 28.9 Å².